The molecule has 3 rings (SSSR count). The molecule has 0 spiro atoms. The van der Waals surface area contributed by atoms with Crippen LogP contribution >= 0.6 is 0 Å². The summed E-state index contributed by atoms with van der Waals surface area (Å²) in [6.07, 6.45) is 11.0. The van der Waals surface area contributed by atoms with Gasteiger partial charge in [-0.3, -0.25) is 0 Å². The van der Waals surface area contributed by atoms with Crippen molar-refractivity contribution in [2.45, 2.75) is 39.2 Å². The molecule has 0 aromatic carbocycles. The number of hydrogen-bond donors (Lipinski definition) is 1. The van der Waals surface area contributed by atoms with Gasteiger partial charge in [-0.1, -0.05) is 30.7 Å². The van der Waals surface area contributed by atoms with E-state index < -0.39 is 0 Å². The lowest BCUT2D eigenvalue weighted by atomic mass is 9.78. The van der Waals surface area contributed by atoms with Gasteiger partial charge in [-0.15, -0.1) is 0 Å². The molecule has 1 heteroatoms. The predicted molar refractivity (Wildman–Crippen MR) is 65.9 cm³/mol. The maximum absolute atomic E-state index is 9.58. The van der Waals surface area contributed by atoms with Gasteiger partial charge in [0.1, 0.15) is 0 Å². The number of allylic oxidation sites excluding steroid dienone is 3. The van der Waals surface area contributed by atoms with Crippen LogP contribution in [-0.4, -0.2) is 11.2 Å². The van der Waals surface area contributed by atoms with Gasteiger partial charge in [-0.2, -0.15) is 0 Å². The van der Waals surface area contributed by atoms with Crippen LogP contribution in [-0.2, 0) is 0 Å². The Morgan fingerprint density at radius 2 is 2.25 bits per heavy atom. The Balaban J connectivity index is 1.79. The van der Waals surface area contributed by atoms with E-state index in [4.69, 9.17) is 0 Å². The van der Waals surface area contributed by atoms with Crippen LogP contribution in [0.3, 0.4) is 0 Å². The molecule has 2 saturated carbocycles. The fourth-order valence-electron chi connectivity index (χ4n) is 4.05. The van der Waals surface area contributed by atoms with Crippen LogP contribution in [0.15, 0.2) is 23.8 Å². The van der Waals surface area contributed by atoms with Gasteiger partial charge in [-0.25, -0.2) is 0 Å². The van der Waals surface area contributed by atoms with Gasteiger partial charge in [0.25, 0.3) is 0 Å². The van der Waals surface area contributed by atoms with Gasteiger partial charge >= 0.3 is 0 Å². The molecule has 16 heavy (non-hydrogen) atoms. The minimum atomic E-state index is -0.207. The minimum Gasteiger partial charge on any atom is -0.393 e. The highest BCUT2D eigenvalue weighted by Crippen LogP contribution is 2.58. The third-order valence-electron chi connectivity index (χ3n) is 5.10. The molecule has 3 aliphatic carbocycles. The van der Waals surface area contributed by atoms with E-state index in [1.165, 1.54) is 19.3 Å². The SMILES string of the molecule is C[C@H](O)[C@@H](C)C=C1CC2CC1[C@H]1C=CC[C@@H]21. The lowest BCUT2D eigenvalue weighted by Gasteiger charge is -2.27. The Kier molecular flexibility index (Phi) is 2.47. The fraction of sp³-hybridized carbons (Fsp3) is 0.733. The van der Waals surface area contributed by atoms with Crippen LogP contribution < -0.4 is 0 Å². The summed E-state index contributed by atoms with van der Waals surface area (Å²) in [6.45, 7) is 4.03. The predicted octanol–water partition coefficient (Wildman–Crippen LogP) is 3.16. The van der Waals surface area contributed by atoms with Crippen molar-refractivity contribution in [3.05, 3.63) is 23.8 Å². The molecule has 0 saturated heterocycles. The van der Waals surface area contributed by atoms with Crippen LogP contribution in [0.1, 0.15) is 33.1 Å². The Morgan fingerprint density at radius 3 is 3.00 bits per heavy atom. The third kappa shape index (κ3) is 1.48. The van der Waals surface area contributed by atoms with E-state index in [2.05, 4.69) is 25.2 Å². The molecule has 0 aliphatic heterocycles. The zero-order chi connectivity index (χ0) is 11.3. The average molecular weight is 218 g/mol. The second-order valence-electron chi connectivity index (χ2n) is 6.05. The van der Waals surface area contributed by atoms with Crippen LogP contribution in [0.4, 0.5) is 0 Å². The summed E-state index contributed by atoms with van der Waals surface area (Å²) in [4.78, 5) is 0. The van der Waals surface area contributed by atoms with Crippen LogP contribution in [0.2, 0.25) is 0 Å². The lowest BCUT2D eigenvalue weighted by molar-refractivity contribution is 0.156. The maximum Gasteiger partial charge on any atom is 0.0572 e. The molecule has 3 aliphatic rings. The standard InChI is InChI=1S/C15H22O/c1-9(10(2)16)6-11-7-12-8-15(11)14-5-3-4-13(12)14/h3,5-6,9-10,12-16H,4,7-8H2,1-2H3/t9-,10-,12?,13-,14-,15?/m0/s1. The summed E-state index contributed by atoms with van der Waals surface area (Å²) in [5.74, 6) is 3.88. The lowest BCUT2D eigenvalue weighted by Crippen LogP contribution is -2.20. The molecule has 1 N–H and O–H groups in total. The first-order chi connectivity index (χ1) is 7.66. The van der Waals surface area contributed by atoms with E-state index in [0.29, 0.717) is 5.92 Å². The van der Waals surface area contributed by atoms with E-state index in [0.717, 1.165) is 23.7 Å². The Bertz CT molecular complexity index is 339. The molecule has 88 valence electrons. The molecule has 2 unspecified atom stereocenters. The average Bonchev–Trinajstić information content (AvgIpc) is 2.87. The first-order valence-electron chi connectivity index (χ1n) is 6.72. The van der Waals surface area contributed by atoms with E-state index in [1.807, 2.05) is 6.92 Å². The third-order valence-corrected chi connectivity index (χ3v) is 5.10. The summed E-state index contributed by atoms with van der Waals surface area (Å²) >= 11 is 0. The molecule has 1 nitrogen and oxygen atoms in total. The van der Waals surface area contributed by atoms with E-state index >= 15 is 0 Å². The molecule has 2 bridgehead atoms. The molecule has 2 fully saturated rings. The van der Waals surface area contributed by atoms with Crippen LogP contribution in [0.25, 0.3) is 0 Å². The Labute approximate surface area is 98.2 Å². The maximum atomic E-state index is 9.58. The summed E-state index contributed by atoms with van der Waals surface area (Å²) in [5, 5.41) is 9.58. The summed E-state index contributed by atoms with van der Waals surface area (Å²) in [7, 11) is 0. The highest BCUT2D eigenvalue weighted by Gasteiger charge is 2.49. The monoisotopic (exact) mass is 218 g/mol. The summed E-state index contributed by atoms with van der Waals surface area (Å²) < 4.78 is 0. The summed E-state index contributed by atoms with van der Waals surface area (Å²) in [6, 6.07) is 0. The van der Waals surface area contributed by atoms with Crippen molar-refractivity contribution in [3.8, 4) is 0 Å². The van der Waals surface area contributed by atoms with Gasteiger partial charge in [0.15, 0.2) is 0 Å². The first kappa shape index (κ1) is 10.6. The molecule has 6 atom stereocenters. The number of aliphatic hydroxyl groups is 1. The van der Waals surface area contributed by atoms with Crippen LogP contribution in [0.5, 0.6) is 0 Å². The van der Waals surface area contributed by atoms with Gasteiger partial charge < -0.3 is 5.11 Å². The van der Waals surface area contributed by atoms with Gasteiger partial charge in [-0.05, 0) is 55.8 Å². The van der Waals surface area contributed by atoms with Gasteiger partial charge in [0.2, 0.25) is 0 Å². The quantitative estimate of drug-likeness (QED) is 0.706. The van der Waals surface area contributed by atoms with Gasteiger partial charge in [0, 0.05) is 0 Å². The largest absolute Gasteiger partial charge is 0.393 e. The van der Waals surface area contributed by atoms with Crippen molar-refractivity contribution in [2.75, 3.05) is 0 Å². The molecule has 0 amide bonds. The zero-order valence-electron chi connectivity index (χ0n) is 10.3. The first-order valence-corrected chi connectivity index (χ1v) is 6.72. The minimum absolute atomic E-state index is 0.207. The van der Waals surface area contributed by atoms with Crippen molar-refractivity contribution < 1.29 is 5.11 Å². The van der Waals surface area contributed by atoms with E-state index in [9.17, 15) is 5.11 Å². The van der Waals surface area contributed by atoms with Crippen molar-refractivity contribution >= 4 is 0 Å². The van der Waals surface area contributed by atoms with Gasteiger partial charge in [0.05, 0.1) is 6.10 Å². The smallest absolute Gasteiger partial charge is 0.0572 e. The van der Waals surface area contributed by atoms with E-state index in [-0.39, 0.29) is 6.10 Å². The Hall–Kier alpha value is -0.560. The Morgan fingerprint density at radius 1 is 1.44 bits per heavy atom. The van der Waals surface area contributed by atoms with Crippen LogP contribution in [0, 0.1) is 29.6 Å². The number of rotatable bonds is 2. The fourth-order valence-corrected chi connectivity index (χ4v) is 4.05. The second-order valence-corrected chi connectivity index (χ2v) is 6.05. The van der Waals surface area contributed by atoms with Crippen molar-refractivity contribution in [2.24, 2.45) is 29.6 Å². The molecule has 0 heterocycles. The molecule has 0 aromatic rings. The highest BCUT2D eigenvalue weighted by atomic mass is 16.3. The van der Waals surface area contributed by atoms with E-state index in [1.54, 1.807) is 5.57 Å². The highest BCUT2D eigenvalue weighted by molar-refractivity contribution is 5.27. The van der Waals surface area contributed by atoms with Crippen molar-refractivity contribution in [1.82, 2.24) is 0 Å². The number of fused-ring (bicyclic) bond motifs is 5. The summed E-state index contributed by atoms with van der Waals surface area (Å²) in [5.41, 5.74) is 1.64. The zero-order valence-corrected chi connectivity index (χ0v) is 10.3. The number of hydrogen-bond acceptors (Lipinski definition) is 1. The second kappa shape index (κ2) is 3.73. The molecule has 0 aromatic heterocycles. The topological polar surface area (TPSA) is 20.2 Å². The number of aliphatic hydroxyl groups excluding tert-OH is 1. The van der Waals surface area contributed by atoms with Crippen molar-refractivity contribution in [3.63, 3.8) is 0 Å². The molecule has 0 radical (unpaired) electrons. The molecular weight excluding hydrogens is 196 g/mol. The van der Waals surface area contributed by atoms with Crippen molar-refractivity contribution in [1.29, 1.82) is 0 Å². The normalized spacial score (nSPS) is 46.3. The molecular formula is C15H22O.